The second-order valence-electron chi connectivity index (χ2n) is 5.84. The smallest absolute Gasteiger partial charge is 0.135 e. The van der Waals surface area contributed by atoms with Crippen molar-refractivity contribution in [3.8, 4) is 0 Å². The molecule has 0 aliphatic carbocycles. The van der Waals surface area contributed by atoms with Crippen LogP contribution in [0.5, 0.6) is 0 Å². The van der Waals surface area contributed by atoms with Crippen molar-refractivity contribution >= 4 is 11.0 Å². The number of hydrogen-bond acceptors (Lipinski definition) is 4. The third-order valence-electron chi connectivity index (χ3n) is 4.25. The van der Waals surface area contributed by atoms with E-state index in [0.717, 1.165) is 43.8 Å². The molecule has 1 aliphatic heterocycles. The van der Waals surface area contributed by atoms with Crippen molar-refractivity contribution in [3.05, 3.63) is 35.6 Å². The van der Waals surface area contributed by atoms with Gasteiger partial charge in [-0.2, -0.15) is 0 Å². The van der Waals surface area contributed by atoms with Gasteiger partial charge in [0.05, 0.1) is 6.10 Å². The highest BCUT2D eigenvalue weighted by molar-refractivity contribution is 5.82. The summed E-state index contributed by atoms with van der Waals surface area (Å²) < 4.78 is 12.1. The van der Waals surface area contributed by atoms with Crippen molar-refractivity contribution in [1.82, 2.24) is 10.2 Å². The van der Waals surface area contributed by atoms with E-state index in [-0.39, 0.29) is 0 Å². The van der Waals surface area contributed by atoms with Crippen LogP contribution in [0.25, 0.3) is 11.0 Å². The van der Waals surface area contributed by atoms with Crippen LogP contribution in [0.3, 0.4) is 0 Å². The molecule has 4 heteroatoms. The van der Waals surface area contributed by atoms with Gasteiger partial charge in [-0.05, 0) is 33.0 Å². The van der Waals surface area contributed by atoms with Crippen molar-refractivity contribution in [2.24, 2.45) is 0 Å². The Bertz CT molecular complexity index is 585. The minimum absolute atomic E-state index is 0.358. The van der Waals surface area contributed by atoms with E-state index < -0.39 is 0 Å². The summed E-state index contributed by atoms with van der Waals surface area (Å²) in [5, 5.41) is 4.41. The standard InChI is InChI=1S/C17H24N2O2/c1-18-11-15-14-5-3-4-6-16(14)21-17(15)12-20-13-7-9-19(2)10-8-13/h3-6,13,18H,7-12H2,1-2H3. The molecule has 1 aromatic carbocycles. The fourth-order valence-corrected chi connectivity index (χ4v) is 2.98. The van der Waals surface area contributed by atoms with Crippen LogP contribution in [-0.4, -0.2) is 38.2 Å². The van der Waals surface area contributed by atoms with E-state index in [2.05, 4.69) is 29.4 Å². The Morgan fingerprint density at radius 2 is 2.05 bits per heavy atom. The molecule has 0 bridgehead atoms. The fourth-order valence-electron chi connectivity index (χ4n) is 2.98. The first-order valence-electron chi connectivity index (χ1n) is 7.72. The summed E-state index contributed by atoms with van der Waals surface area (Å²) in [6.45, 7) is 3.62. The van der Waals surface area contributed by atoms with Gasteiger partial charge in [0, 0.05) is 30.6 Å². The Hall–Kier alpha value is -1.36. The summed E-state index contributed by atoms with van der Waals surface area (Å²) in [5.74, 6) is 0.962. The maximum Gasteiger partial charge on any atom is 0.135 e. The summed E-state index contributed by atoms with van der Waals surface area (Å²) in [4.78, 5) is 2.35. The molecule has 3 rings (SSSR count). The molecule has 2 aromatic rings. The number of fused-ring (bicyclic) bond motifs is 1. The number of benzene rings is 1. The molecule has 1 aliphatic rings. The second-order valence-corrected chi connectivity index (χ2v) is 5.84. The van der Waals surface area contributed by atoms with E-state index >= 15 is 0 Å². The predicted molar refractivity (Wildman–Crippen MR) is 84.3 cm³/mol. The van der Waals surface area contributed by atoms with Gasteiger partial charge in [-0.25, -0.2) is 0 Å². The number of nitrogens with one attached hydrogen (secondary N) is 1. The average molecular weight is 288 g/mol. The zero-order chi connectivity index (χ0) is 14.7. The van der Waals surface area contributed by atoms with Crippen molar-refractivity contribution in [1.29, 1.82) is 0 Å². The monoisotopic (exact) mass is 288 g/mol. The first kappa shape index (κ1) is 14.6. The predicted octanol–water partition coefficient (Wildman–Crippen LogP) is 2.76. The van der Waals surface area contributed by atoms with Gasteiger partial charge in [0.25, 0.3) is 0 Å². The molecule has 0 saturated carbocycles. The van der Waals surface area contributed by atoms with E-state index in [4.69, 9.17) is 9.15 Å². The van der Waals surface area contributed by atoms with Crippen LogP contribution in [0.1, 0.15) is 24.2 Å². The lowest BCUT2D eigenvalue weighted by atomic mass is 10.1. The Kier molecular flexibility index (Phi) is 4.58. The summed E-state index contributed by atoms with van der Waals surface area (Å²) in [5.41, 5.74) is 2.17. The molecule has 0 amide bonds. The molecule has 4 nitrogen and oxygen atoms in total. The van der Waals surface area contributed by atoms with E-state index in [1.165, 1.54) is 10.9 Å². The molecule has 1 fully saturated rings. The van der Waals surface area contributed by atoms with Crippen LogP contribution in [-0.2, 0) is 17.9 Å². The lowest BCUT2D eigenvalue weighted by Crippen LogP contribution is -2.34. The quantitative estimate of drug-likeness (QED) is 0.918. The number of para-hydroxylation sites is 1. The molecule has 0 radical (unpaired) electrons. The Morgan fingerprint density at radius 3 is 2.81 bits per heavy atom. The summed E-state index contributed by atoms with van der Waals surface area (Å²) in [7, 11) is 4.13. The molecular formula is C17H24N2O2. The second kappa shape index (κ2) is 6.60. The van der Waals surface area contributed by atoms with Gasteiger partial charge in [-0.3, -0.25) is 0 Å². The number of piperidine rings is 1. The number of furan rings is 1. The Morgan fingerprint density at radius 1 is 1.29 bits per heavy atom. The van der Waals surface area contributed by atoms with Gasteiger partial charge < -0.3 is 19.4 Å². The average Bonchev–Trinajstić information content (AvgIpc) is 2.85. The van der Waals surface area contributed by atoms with Gasteiger partial charge in [-0.1, -0.05) is 18.2 Å². The van der Waals surface area contributed by atoms with Gasteiger partial charge in [0.1, 0.15) is 18.0 Å². The minimum atomic E-state index is 0.358. The van der Waals surface area contributed by atoms with Crippen molar-refractivity contribution in [3.63, 3.8) is 0 Å². The van der Waals surface area contributed by atoms with Crippen LogP contribution in [0, 0.1) is 0 Å². The van der Waals surface area contributed by atoms with Crippen LogP contribution in [0.15, 0.2) is 28.7 Å². The van der Waals surface area contributed by atoms with E-state index in [1.54, 1.807) is 0 Å². The molecular weight excluding hydrogens is 264 g/mol. The lowest BCUT2D eigenvalue weighted by molar-refractivity contribution is -0.00469. The number of ether oxygens (including phenoxy) is 1. The van der Waals surface area contributed by atoms with Gasteiger partial charge in [0.2, 0.25) is 0 Å². The van der Waals surface area contributed by atoms with Gasteiger partial charge in [-0.15, -0.1) is 0 Å². The van der Waals surface area contributed by atoms with Crippen LogP contribution in [0.2, 0.25) is 0 Å². The van der Waals surface area contributed by atoms with Crippen molar-refractivity contribution in [2.75, 3.05) is 27.2 Å². The SMILES string of the molecule is CNCc1c(COC2CCN(C)CC2)oc2ccccc12. The number of nitrogens with zero attached hydrogens (tertiary/aromatic N) is 1. The summed E-state index contributed by atoms with van der Waals surface area (Å²) in [6.07, 6.45) is 2.58. The minimum Gasteiger partial charge on any atom is -0.458 e. The Labute approximate surface area is 126 Å². The molecule has 0 atom stereocenters. The number of rotatable bonds is 5. The lowest BCUT2D eigenvalue weighted by Gasteiger charge is -2.28. The highest BCUT2D eigenvalue weighted by Crippen LogP contribution is 2.27. The van der Waals surface area contributed by atoms with Crippen LogP contribution >= 0.6 is 0 Å². The first-order chi connectivity index (χ1) is 10.3. The molecule has 1 saturated heterocycles. The topological polar surface area (TPSA) is 37.6 Å². The normalized spacial score (nSPS) is 17.6. The fraction of sp³-hybridized carbons (Fsp3) is 0.529. The van der Waals surface area contributed by atoms with Crippen LogP contribution < -0.4 is 5.32 Å². The molecule has 114 valence electrons. The molecule has 1 aromatic heterocycles. The highest BCUT2D eigenvalue weighted by atomic mass is 16.5. The van der Waals surface area contributed by atoms with Crippen molar-refractivity contribution in [2.45, 2.75) is 32.1 Å². The summed E-state index contributed by atoms with van der Waals surface area (Å²) >= 11 is 0. The molecule has 1 N–H and O–H groups in total. The molecule has 0 unspecified atom stereocenters. The third kappa shape index (κ3) is 3.28. The molecule has 2 heterocycles. The van der Waals surface area contributed by atoms with Gasteiger partial charge in [0.15, 0.2) is 0 Å². The zero-order valence-electron chi connectivity index (χ0n) is 12.9. The third-order valence-corrected chi connectivity index (χ3v) is 4.25. The first-order valence-corrected chi connectivity index (χ1v) is 7.72. The Balaban J connectivity index is 1.72. The van der Waals surface area contributed by atoms with E-state index in [1.807, 2.05) is 19.2 Å². The zero-order valence-corrected chi connectivity index (χ0v) is 12.9. The van der Waals surface area contributed by atoms with E-state index in [9.17, 15) is 0 Å². The van der Waals surface area contributed by atoms with E-state index in [0.29, 0.717) is 12.7 Å². The van der Waals surface area contributed by atoms with Crippen molar-refractivity contribution < 1.29 is 9.15 Å². The molecule has 21 heavy (non-hydrogen) atoms. The van der Waals surface area contributed by atoms with Gasteiger partial charge >= 0.3 is 0 Å². The molecule has 0 spiro atoms. The largest absolute Gasteiger partial charge is 0.458 e. The maximum atomic E-state index is 6.09. The maximum absolute atomic E-state index is 6.09. The van der Waals surface area contributed by atoms with Crippen LogP contribution in [0.4, 0.5) is 0 Å². The highest BCUT2D eigenvalue weighted by Gasteiger charge is 2.19. The number of likely N-dealkylation sites (tertiary alicyclic amines) is 1. The summed E-state index contributed by atoms with van der Waals surface area (Å²) in [6, 6.07) is 8.20. The number of hydrogen-bond donors (Lipinski definition) is 1.